The molecule has 1 aromatic heterocycles. The van der Waals surface area contributed by atoms with Crippen LogP contribution in [0.1, 0.15) is 32.3 Å². The molecular weight excluding hydrogens is 276 g/mol. The van der Waals surface area contributed by atoms with Gasteiger partial charge in [-0.1, -0.05) is 32.0 Å². The maximum Gasteiger partial charge on any atom is 0.0483 e. The van der Waals surface area contributed by atoms with E-state index in [0.29, 0.717) is 0 Å². The zero-order valence-electron chi connectivity index (χ0n) is 13.4. The van der Waals surface area contributed by atoms with Gasteiger partial charge >= 0.3 is 0 Å². The van der Waals surface area contributed by atoms with Crippen molar-refractivity contribution in [3.8, 4) is 0 Å². The first kappa shape index (κ1) is 16.4. The maximum atomic E-state index is 3.41. The Morgan fingerprint density at radius 3 is 2.81 bits per heavy atom. The van der Waals surface area contributed by atoms with Crippen molar-refractivity contribution in [3.63, 3.8) is 0 Å². The van der Waals surface area contributed by atoms with Crippen LogP contribution in [0.4, 0.5) is 0 Å². The maximum absolute atomic E-state index is 3.41. The number of benzene rings is 1. The summed E-state index contributed by atoms with van der Waals surface area (Å²) in [7, 11) is 0. The van der Waals surface area contributed by atoms with Crippen molar-refractivity contribution in [2.75, 3.05) is 24.6 Å². The second-order valence-corrected chi connectivity index (χ2v) is 6.77. The molecule has 1 aromatic carbocycles. The van der Waals surface area contributed by atoms with Crippen LogP contribution in [0, 0.1) is 0 Å². The molecule has 1 heterocycles. The number of para-hydroxylation sites is 1. The largest absolute Gasteiger partial charge is 0.347 e. The van der Waals surface area contributed by atoms with Gasteiger partial charge in [0.1, 0.15) is 0 Å². The molecule has 2 nitrogen and oxygen atoms in total. The molecule has 0 atom stereocenters. The molecule has 0 aliphatic rings. The topological polar surface area (TPSA) is 17.0 Å². The van der Waals surface area contributed by atoms with Crippen molar-refractivity contribution in [1.29, 1.82) is 0 Å². The monoisotopic (exact) mass is 304 g/mol. The fourth-order valence-corrected chi connectivity index (χ4v) is 3.39. The molecular formula is C18H28N2S. The summed E-state index contributed by atoms with van der Waals surface area (Å²) in [6.07, 6.45) is 6.03. The van der Waals surface area contributed by atoms with Gasteiger partial charge in [0.05, 0.1) is 0 Å². The number of fused-ring (bicyclic) bond motifs is 1. The summed E-state index contributed by atoms with van der Waals surface area (Å²) >= 11 is 2.04. The molecule has 21 heavy (non-hydrogen) atoms. The summed E-state index contributed by atoms with van der Waals surface area (Å²) < 4.78 is 2.45. The summed E-state index contributed by atoms with van der Waals surface area (Å²) in [5.74, 6) is 2.49. The third kappa shape index (κ3) is 4.79. The minimum Gasteiger partial charge on any atom is -0.347 e. The first-order valence-corrected chi connectivity index (χ1v) is 9.37. The number of aromatic nitrogens is 1. The smallest absolute Gasteiger partial charge is 0.0483 e. The third-order valence-electron chi connectivity index (χ3n) is 3.81. The number of aryl methyl sites for hydroxylation is 2. The molecule has 0 radical (unpaired) electrons. The number of hydrogen-bond donors (Lipinski definition) is 1. The van der Waals surface area contributed by atoms with Gasteiger partial charge in [-0.25, -0.2) is 0 Å². The van der Waals surface area contributed by atoms with Crippen LogP contribution in [0.25, 0.3) is 10.9 Å². The normalized spacial score (nSPS) is 11.3. The number of thioether (sulfide) groups is 1. The van der Waals surface area contributed by atoms with Gasteiger partial charge in [0, 0.05) is 23.6 Å². The highest BCUT2D eigenvalue weighted by Crippen LogP contribution is 2.23. The summed E-state index contributed by atoms with van der Waals surface area (Å²) in [4.78, 5) is 0. The third-order valence-corrected chi connectivity index (χ3v) is 4.80. The molecule has 0 spiro atoms. The molecule has 2 rings (SSSR count). The van der Waals surface area contributed by atoms with Crippen molar-refractivity contribution >= 4 is 22.7 Å². The minimum atomic E-state index is 1.07. The van der Waals surface area contributed by atoms with Crippen LogP contribution in [0.2, 0.25) is 0 Å². The Labute approximate surface area is 133 Å². The number of hydrogen-bond acceptors (Lipinski definition) is 2. The average molecular weight is 305 g/mol. The second-order valence-electron chi connectivity index (χ2n) is 5.37. The van der Waals surface area contributed by atoms with E-state index in [1.165, 1.54) is 47.2 Å². The molecule has 116 valence electrons. The van der Waals surface area contributed by atoms with Gasteiger partial charge in [-0.2, -0.15) is 11.8 Å². The van der Waals surface area contributed by atoms with Gasteiger partial charge in [-0.15, -0.1) is 0 Å². The van der Waals surface area contributed by atoms with Gasteiger partial charge in [0.15, 0.2) is 0 Å². The molecule has 0 fully saturated rings. The minimum absolute atomic E-state index is 1.07. The van der Waals surface area contributed by atoms with Crippen LogP contribution in [-0.2, 0) is 13.0 Å². The van der Waals surface area contributed by atoms with Gasteiger partial charge < -0.3 is 9.88 Å². The van der Waals surface area contributed by atoms with Gasteiger partial charge in [-0.05, 0) is 55.5 Å². The van der Waals surface area contributed by atoms with Gasteiger partial charge in [0.25, 0.3) is 0 Å². The van der Waals surface area contributed by atoms with E-state index in [-0.39, 0.29) is 0 Å². The lowest BCUT2D eigenvalue weighted by Crippen LogP contribution is -2.14. The lowest BCUT2D eigenvalue weighted by molar-refractivity contribution is 0.669. The molecule has 0 aliphatic heterocycles. The summed E-state index contributed by atoms with van der Waals surface area (Å²) in [5, 5.41) is 4.85. The van der Waals surface area contributed by atoms with E-state index in [1.54, 1.807) is 0 Å². The van der Waals surface area contributed by atoms with Gasteiger partial charge in [-0.3, -0.25) is 0 Å². The fourth-order valence-electron chi connectivity index (χ4n) is 2.77. The predicted molar refractivity (Wildman–Crippen MR) is 96.4 cm³/mol. The second kappa shape index (κ2) is 9.16. The highest BCUT2D eigenvalue weighted by Gasteiger charge is 2.07. The van der Waals surface area contributed by atoms with Crippen LogP contribution in [0.3, 0.4) is 0 Å². The molecule has 1 N–H and O–H groups in total. The van der Waals surface area contributed by atoms with Crippen molar-refractivity contribution in [2.24, 2.45) is 0 Å². The molecule has 3 heteroatoms. The van der Waals surface area contributed by atoms with E-state index < -0.39 is 0 Å². The van der Waals surface area contributed by atoms with Crippen LogP contribution < -0.4 is 5.32 Å². The Bertz CT molecular complexity index is 487. The van der Waals surface area contributed by atoms with Crippen LogP contribution in [-0.4, -0.2) is 29.2 Å². The summed E-state index contributed by atoms with van der Waals surface area (Å²) in [6, 6.07) is 8.85. The first-order chi connectivity index (χ1) is 10.4. The van der Waals surface area contributed by atoms with E-state index in [9.17, 15) is 0 Å². The highest BCUT2D eigenvalue weighted by atomic mass is 32.2. The van der Waals surface area contributed by atoms with E-state index in [4.69, 9.17) is 0 Å². The Hall–Kier alpha value is -0.930. The first-order valence-electron chi connectivity index (χ1n) is 8.22. The van der Waals surface area contributed by atoms with E-state index in [0.717, 1.165) is 19.6 Å². The van der Waals surface area contributed by atoms with Crippen LogP contribution in [0.15, 0.2) is 30.5 Å². The standard InChI is InChI=1S/C18H28N2S/c1-3-19-12-7-9-16-15-20(13-8-14-21-4-2)18-11-6-5-10-17(16)18/h5-6,10-11,15,19H,3-4,7-9,12-14H2,1-2H3. The van der Waals surface area contributed by atoms with Crippen molar-refractivity contribution < 1.29 is 0 Å². The zero-order chi connectivity index (χ0) is 14.9. The molecule has 0 bridgehead atoms. The summed E-state index contributed by atoms with van der Waals surface area (Å²) in [6.45, 7) is 7.72. The Kier molecular flexibility index (Phi) is 7.17. The van der Waals surface area contributed by atoms with E-state index in [1.807, 2.05) is 11.8 Å². The predicted octanol–water partition coefficient (Wildman–Crippen LogP) is 4.33. The quantitative estimate of drug-likeness (QED) is 0.658. The van der Waals surface area contributed by atoms with Crippen molar-refractivity contribution in [3.05, 3.63) is 36.0 Å². The molecule has 2 aromatic rings. The van der Waals surface area contributed by atoms with E-state index in [2.05, 4.69) is 54.2 Å². The molecule has 0 aliphatic carbocycles. The molecule has 0 amide bonds. The number of rotatable bonds is 10. The van der Waals surface area contributed by atoms with Crippen molar-refractivity contribution in [1.82, 2.24) is 9.88 Å². The lowest BCUT2D eigenvalue weighted by atomic mass is 10.1. The van der Waals surface area contributed by atoms with Crippen LogP contribution in [0.5, 0.6) is 0 Å². The van der Waals surface area contributed by atoms with E-state index >= 15 is 0 Å². The number of nitrogens with one attached hydrogen (secondary N) is 1. The Balaban J connectivity index is 2.03. The van der Waals surface area contributed by atoms with Crippen molar-refractivity contribution in [2.45, 2.75) is 39.7 Å². The molecule has 0 saturated heterocycles. The lowest BCUT2D eigenvalue weighted by Gasteiger charge is -2.04. The summed E-state index contributed by atoms with van der Waals surface area (Å²) in [5.41, 5.74) is 2.91. The molecule has 0 unspecified atom stereocenters. The fraction of sp³-hybridized carbons (Fsp3) is 0.556. The number of nitrogens with zero attached hydrogens (tertiary/aromatic N) is 1. The van der Waals surface area contributed by atoms with Gasteiger partial charge in [0.2, 0.25) is 0 Å². The highest BCUT2D eigenvalue weighted by molar-refractivity contribution is 7.99. The average Bonchev–Trinajstić information content (AvgIpc) is 2.87. The molecule has 0 saturated carbocycles. The zero-order valence-corrected chi connectivity index (χ0v) is 14.2. The Morgan fingerprint density at radius 1 is 1.14 bits per heavy atom. The Morgan fingerprint density at radius 2 is 2.00 bits per heavy atom. The van der Waals surface area contributed by atoms with Crippen LogP contribution >= 0.6 is 11.8 Å². The SMILES string of the molecule is CCNCCCc1cn(CCCSCC)c2ccccc12.